The molecule has 110 valence electrons. The molecule has 2 N–H and O–H groups in total. The largest absolute Gasteiger partial charge is 0.360 e. The Bertz CT molecular complexity index is 926. The molecule has 4 heteroatoms. The number of pyridine rings is 1. The number of amides is 1. The Morgan fingerprint density at radius 1 is 1.09 bits per heavy atom. The van der Waals surface area contributed by atoms with E-state index in [0.717, 1.165) is 22.3 Å². The zero-order chi connectivity index (χ0) is 15.7. The first kappa shape index (κ1) is 14.1. The number of fused-ring (bicyclic) bond motifs is 1. The van der Waals surface area contributed by atoms with Gasteiger partial charge in [0.05, 0.1) is 0 Å². The average Bonchev–Trinajstić information content (AvgIpc) is 2.51. The fraction of sp³-hybridized carbons (Fsp3) is 0.111. The van der Waals surface area contributed by atoms with Gasteiger partial charge in [-0.15, -0.1) is 0 Å². The summed E-state index contributed by atoms with van der Waals surface area (Å²) in [5, 5.41) is 3.32. The number of para-hydroxylation sites is 1. The van der Waals surface area contributed by atoms with E-state index in [4.69, 9.17) is 0 Å². The molecule has 0 aliphatic rings. The molecule has 3 rings (SSSR count). The van der Waals surface area contributed by atoms with E-state index in [1.165, 1.54) is 6.20 Å². The van der Waals surface area contributed by atoms with E-state index in [0.29, 0.717) is 5.39 Å². The van der Waals surface area contributed by atoms with Crippen LogP contribution >= 0.6 is 0 Å². The van der Waals surface area contributed by atoms with Crippen LogP contribution in [-0.4, -0.2) is 10.9 Å². The fourth-order valence-corrected chi connectivity index (χ4v) is 2.40. The van der Waals surface area contributed by atoms with Crippen molar-refractivity contribution in [2.24, 2.45) is 0 Å². The number of benzene rings is 2. The number of rotatable bonds is 2. The van der Waals surface area contributed by atoms with E-state index < -0.39 is 5.91 Å². The SMILES string of the molecule is Cc1ccc(C)c(NC(=O)c2c[nH]c3ccccc3c2=O)c1. The minimum absolute atomic E-state index is 0.111. The monoisotopic (exact) mass is 292 g/mol. The zero-order valence-corrected chi connectivity index (χ0v) is 12.4. The van der Waals surface area contributed by atoms with Crippen LogP contribution in [0, 0.1) is 13.8 Å². The van der Waals surface area contributed by atoms with Crippen LogP contribution in [0.1, 0.15) is 21.5 Å². The minimum atomic E-state index is -0.402. The summed E-state index contributed by atoms with van der Waals surface area (Å²) in [4.78, 5) is 27.8. The highest BCUT2D eigenvalue weighted by Crippen LogP contribution is 2.17. The van der Waals surface area contributed by atoms with E-state index in [1.807, 2.05) is 44.2 Å². The second kappa shape index (κ2) is 5.48. The van der Waals surface area contributed by atoms with E-state index >= 15 is 0 Å². The number of anilines is 1. The Kier molecular flexibility index (Phi) is 3.51. The first-order valence-corrected chi connectivity index (χ1v) is 7.05. The predicted octanol–water partition coefficient (Wildman–Crippen LogP) is 3.40. The number of carbonyl (C=O) groups excluding carboxylic acids is 1. The summed E-state index contributed by atoms with van der Waals surface area (Å²) in [6.45, 7) is 3.87. The summed E-state index contributed by atoms with van der Waals surface area (Å²) in [5.74, 6) is -0.402. The van der Waals surface area contributed by atoms with Gasteiger partial charge in [0, 0.05) is 22.8 Å². The zero-order valence-electron chi connectivity index (χ0n) is 12.4. The third-order valence-corrected chi connectivity index (χ3v) is 3.67. The third-order valence-electron chi connectivity index (χ3n) is 3.67. The van der Waals surface area contributed by atoms with Gasteiger partial charge in [-0.3, -0.25) is 9.59 Å². The van der Waals surface area contributed by atoms with Gasteiger partial charge in [0.1, 0.15) is 5.56 Å². The molecule has 4 nitrogen and oxygen atoms in total. The van der Waals surface area contributed by atoms with E-state index in [1.54, 1.807) is 12.1 Å². The molecule has 0 saturated carbocycles. The molecule has 0 aliphatic heterocycles. The smallest absolute Gasteiger partial charge is 0.261 e. The van der Waals surface area contributed by atoms with Crippen LogP contribution in [0.15, 0.2) is 53.5 Å². The van der Waals surface area contributed by atoms with Crippen molar-refractivity contribution in [2.45, 2.75) is 13.8 Å². The van der Waals surface area contributed by atoms with Gasteiger partial charge >= 0.3 is 0 Å². The Labute approximate surface area is 127 Å². The van der Waals surface area contributed by atoms with Crippen molar-refractivity contribution >= 4 is 22.5 Å². The summed E-state index contributed by atoms with van der Waals surface area (Å²) in [6, 6.07) is 13.0. The molecule has 0 aliphatic carbocycles. The number of aryl methyl sites for hydroxylation is 2. The number of H-pyrrole nitrogens is 1. The summed E-state index contributed by atoms with van der Waals surface area (Å²) in [5.41, 5.74) is 3.29. The van der Waals surface area contributed by atoms with E-state index in [2.05, 4.69) is 10.3 Å². The second-order valence-corrected chi connectivity index (χ2v) is 5.35. The van der Waals surface area contributed by atoms with Crippen molar-refractivity contribution in [3.05, 3.63) is 75.6 Å². The Morgan fingerprint density at radius 3 is 2.68 bits per heavy atom. The maximum absolute atomic E-state index is 12.4. The van der Waals surface area contributed by atoms with Crippen LogP contribution in [0.3, 0.4) is 0 Å². The average molecular weight is 292 g/mol. The number of hydrogen-bond donors (Lipinski definition) is 2. The summed E-state index contributed by atoms with van der Waals surface area (Å²) in [7, 11) is 0. The number of aromatic amines is 1. The van der Waals surface area contributed by atoms with Gasteiger partial charge in [-0.1, -0.05) is 24.3 Å². The molecule has 3 aromatic rings. The highest BCUT2D eigenvalue weighted by atomic mass is 16.2. The molecular weight excluding hydrogens is 276 g/mol. The standard InChI is InChI=1S/C18H16N2O2/c1-11-7-8-12(2)16(9-11)20-18(22)14-10-19-15-6-4-3-5-13(15)17(14)21/h3-10H,1-2H3,(H,19,21)(H,20,22). The molecule has 0 fully saturated rings. The summed E-state index contributed by atoms with van der Waals surface area (Å²) < 4.78 is 0. The molecule has 22 heavy (non-hydrogen) atoms. The highest BCUT2D eigenvalue weighted by Gasteiger charge is 2.13. The van der Waals surface area contributed by atoms with Crippen molar-refractivity contribution in [3.63, 3.8) is 0 Å². The first-order chi connectivity index (χ1) is 10.6. The summed E-state index contributed by atoms with van der Waals surface area (Å²) >= 11 is 0. The predicted molar refractivity (Wildman–Crippen MR) is 88.4 cm³/mol. The maximum Gasteiger partial charge on any atom is 0.261 e. The fourth-order valence-electron chi connectivity index (χ4n) is 2.40. The molecule has 0 radical (unpaired) electrons. The lowest BCUT2D eigenvalue weighted by Gasteiger charge is -2.09. The Hall–Kier alpha value is -2.88. The van der Waals surface area contributed by atoms with Crippen molar-refractivity contribution in [1.29, 1.82) is 0 Å². The molecule has 0 unspecified atom stereocenters. The first-order valence-electron chi connectivity index (χ1n) is 7.05. The van der Waals surface area contributed by atoms with Crippen molar-refractivity contribution in [1.82, 2.24) is 4.98 Å². The van der Waals surface area contributed by atoms with Crippen molar-refractivity contribution < 1.29 is 4.79 Å². The van der Waals surface area contributed by atoms with Gasteiger partial charge in [-0.2, -0.15) is 0 Å². The van der Waals surface area contributed by atoms with Crippen molar-refractivity contribution in [2.75, 3.05) is 5.32 Å². The summed E-state index contributed by atoms with van der Waals surface area (Å²) in [6.07, 6.45) is 1.46. The van der Waals surface area contributed by atoms with Crippen LogP contribution in [-0.2, 0) is 0 Å². The maximum atomic E-state index is 12.4. The van der Waals surface area contributed by atoms with Crippen LogP contribution in [0.2, 0.25) is 0 Å². The molecule has 0 atom stereocenters. The molecule has 0 saturated heterocycles. The molecular formula is C18H16N2O2. The number of aromatic nitrogens is 1. The van der Waals surface area contributed by atoms with Gasteiger partial charge in [-0.05, 0) is 43.2 Å². The Morgan fingerprint density at radius 2 is 1.86 bits per heavy atom. The quantitative estimate of drug-likeness (QED) is 0.760. The van der Waals surface area contributed by atoms with E-state index in [9.17, 15) is 9.59 Å². The lowest BCUT2D eigenvalue weighted by atomic mass is 10.1. The number of hydrogen-bond acceptors (Lipinski definition) is 2. The number of carbonyl (C=O) groups is 1. The minimum Gasteiger partial charge on any atom is -0.360 e. The normalized spacial score (nSPS) is 10.6. The van der Waals surface area contributed by atoms with Crippen LogP contribution < -0.4 is 10.7 Å². The highest BCUT2D eigenvalue weighted by molar-refractivity contribution is 6.06. The van der Waals surface area contributed by atoms with Gasteiger partial charge in [0.2, 0.25) is 5.43 Å². The van der Waals surface area contributed by atoms with Gasteiger partial charge in [0.25, 0.3) is 5.91 Å². The molecule has 0 spiro atoms. The van der Waals surface area contributed by atoms with E-state index in [-0.39, 0.29) is 11.0 Å². The lowest BCUT2D eigenvalue weighted by Crippen LogP contribution is -2.22. The van der Waals surface area contributed by atoms with Gasteiger partial charge < -0.3 is 10.3 Å². The second-order valence-electron chi connectivity index (χ2n) is 5.35. The van der Waals surface area contributed by atoms with Gasteiger partial charge in [0.15, 0.2) is 0 Å². The Balaban J connectivity index is 2.01. The topological polar surface area (TPSA) is 62.0 Å². The molecule has 1 amide bonds. The third kappa shape index (κ3) is 2.51. The van der Waals surface area contributed by atoms with Crippen LogP contribution in [0.25, 0.3) is 10.9 Å². The molecule has 1 heterocycles. The van der Waals surface area contributed by atoms with Gasteiger partial charge in [-0.25, -0.2) is 0 Å². The van der Waals surface area contributed by atoms with Crippen LogP contribution in [0.4, 0.5) is 5.69 Å². The lowest BCUT2D eigenvalue weighted by molar-refractivity contribution is 0.102. The molecule has 2 aromatic carbocycles. The molecule has 0 bridgehead atoms. The van der Waals surface area contributed by atoms with Crippen molar-refractivity contribution in [3.8, 4) is 0 Å². The molecule has 1 aromatic heterocycles. The van der Waals surface area contributed by atoms with Crippen LogP contribution in [0.5, 0.6) is 0 Å². The number of nitrogens with one attached hydrogen (secondary N) is 2.